The molecule has 2 aromatic rings. The van der Waals surface area contributed by atoms with Gasteiger partial charge in [0.2, 0.25) is 0 Å². The van der Waals surface area contributed by atoms with Crippen LogP contribution in [0.25, 0.3) is 0 Å². The number of nitrogens with zero attached hydrogens (tertiary/aromatic N) is 1. The maximum atomic E-state index is 11.8. The standard InChI is InChI=1S/C15H13NO3/c1-3-13(9-12-7-5-4-6-8-12)19-15(17)14-11(2)18-10-16-14/h1,4-8,10,13H,9H2,2H3. The van der Waals surface area contributed by atoms with Crippen molar-refractivity contribution < 1.29 is 13.9 Å². The molecular weight excluding hydrogens is 242 g/mol. The Balaban J connectivity index is 2.03. The first-order chi connectivity index (χ1) is 9.20. The summed E-state index contributed by atoms with van der Waals surface area (Å²) < 4.78 is 10.2. The van der Waals surface area contributed by atoms with Gasteiger partial charge in [-0.05, 0) is 12.5 Å². The molecule has 0 N–H and O–H groups in total. The molecule has 0 aliphatic heterocycles. The van der Waals surface area contributed by atoms with E-state index in [1.54, 1.807) is 6.92 Å². The van der Waals surface area contributed by atoms with E-state index in [1.807, 2.05) is 30.3 Å². The van der Waals surface area contributed by atoms with E-state index in [-0.39, 0.29) is 5.69 Å². The third kappa shape index (κ3) is 3.23. The molecule has 0 saturated heterocycles. The van der Waals surface area contributed by atoms with Crippen LogP contribution in [0.15, 0.2) is 41.1 Å². The van der Waals surface area contributed by atoms with Crippen LogP contribution in [0, 0.1) is 19.3 Å². The second-order valence-electron chi connectivity index (χ2n) is 4.01. The molecule has 96 valence electrons. The Hall–Kier alpha value is -2.54. The molecular formula is C15H13NO3. The highest BCUT2D eigenvalue weighted by Gasteiger charge is 2.19. The van der Waals surface area contributed by atoms with Crippen LogP contribution in [0.1, 0.15) is 21.8 Å². The van der Waals surface area contributed by atoms with Gasteiger partial charge in [-0.1, -0.05) is 36.3 Å². The third-order valence-corrected chi connectivity index (χ3v) is 2.64. The van der Waals surface area contributed by atoms with Crippen LogP contribution in [0.3, 0.4) is 0 Å². The Morgan fingerprint density at radius 2 is 2.21 bits per heavy atom. The van der Waals surface area contributed by atoms with Crippen molar-refractivity contribution in [2.75, 3.05) is 0 Å². The highest BCUT2D eigenvalue weighted by Crippen LogP contribution is 2.10. The van der Waals surface area contributed by atoms with Crippen molar-refractivity contribution in [2.24, 2.45) is 0 Å². The van der Waals surface area contributed by atoms with E-state index in [0.717, 1.165) is 5.56 Å². The Morgan fingerprint density at radius 1 is 1.47 bits per heavy atom. The van der Waals surface area contributed by atoms with E-state index < -0.39 is 12.1 Å². The topological polar surface area (TPSA) is 52.3 Å². The van der Waals surface area contributed by atoms with Crippen molar-refractivity contribution in [1.82, 2.24) is 4.98 Å². The minimum Gasteiger partial charge on any atom is -0.448 e. The van der Waals surface area contributed by atoms with Gasteiger partial charge in [-0.25, -0.2) is 9.78 Å². The quantitative estimate of drug-likeness (QED) is 0.621. The third-order valence-electron chi connectivity index (χ3n) is 2.64. The number of esters is 1. The molecule has 19 heavy (non-hydrogen) atoms. The smallest absolute Gasteiger partial charge is 0.361 e. The number of benzene rings is 1. The fourth-order valence-corrected chi connectivity index (χ4v) is 1.65. The zero-order chi connectivity index (χ0) is 13.7. The zero-order valence-corrected chi connectivity index (χ0v) is 10.5. The van der Waals surface area contributed by atoms with Crippen molar-refractivity contribution in [3.63, 3.8) is 0 Å². The highest BCUT2D eigenvalue weighted by atomic mass is 16.5. The Morgan fingerprint density at radius 3 is 2.79 bits per heavy atom. The monoisotopic (exact) mass is 255 g/mol. The summed E-state index contributed by atoms with van der Waals surface area (Å²) in [7, 11) is 0. The highest BCUT2D eigenvalue weighted by molar-refractivity contribution is 5.88. The minimum atomic E-state index is -0.619. The lowest BCUT2D eigenvalue weighted by Crippen LogP contribution is -2.19. The normalized spacial score (nSPS) is 11.6. The molecule has 2 rings (SSSR count). The molecule has 0 aliphatic carbocycles. The molecule has 0 fully saturated rings. The first-order valence-corrected chi connectivity index (χ1v) is 5.82. The van der Waals surface area contributed by atoms with E-state index in [9.17, 15) is 4.79 Å². The molecule has 0 spiro atoms. The molecule has 1 heterocycles. The van der Waals surface area contributed by atoms with Gasteiger partial charge in [-0.2, -0.15) is 0 Å². The van der Waals surface area contributed by atoms with Gasteiger partial charge in [0.25, 0.3) is 0 Å². The number of hydrogen-bond acceptors (Lipinski definition) is 4. The number of ether oxygens (including phenoxy) is 1. The van der Waals surface area contributed by atoms with Crippen LogP contribution in [-0.2, 0) is 11.2 Å². The number of carbonyl (C=O) groups is 1. The van der Waals surface area contributed by atoms with E-state index in [4.69, 9.17) is 15.6 Å². The summed E-state index contributed by atoms with van der Waals surface area (Å²) in [5, 5.41) is 0. The second kappa shape index (κ2) is 5.87. The molecule has 4 heteroatoms. The van der Waals surface area contributed by atoms with Crippen LogP contribution in [-0.4, -0.2) is 17.1 Å². The van der Waals surface area contributed by atoms with E-state index >= 15 is 0 Å². The lowest BCUT2D eigenvalue weighted by atomic mass is 10.1. The van der Waals surface area contributed by atoms with Gasteiger partial charge in [0, 0.05) is 6.42 Å². The fourth-order valence-electron chi connectivity index (χ4n) is 1.65. The number of aryl methyl sites for hydroxylation is 1. The van der Waals surface area contributed by atoms with Crippen LogP contribution in [0.4, 0.5) is 0 Å². The maximum Gasteiger partial charge on any atom is 0.361 e. The lowest BCUT2D eigenvalue weighted by Gasteiger charge is -2.11. The molecule has 0 saturated carbocycles. The van der Waals surface area contributed by atoms with Crippen molar-refractivity contribution in [1.29, 1.82) is 0 Å². The first kappa shape index (κ1) is 12.9. The Labute approximate surface area is 111 Å². The van der Waals surface area contributed by atoms with Gasteiger partial charge in [0.05, 0.1) is 0 Å². The number of hydrogen-bond donors (Lipinski definition) is 0. The molecule has 0 amide bonds. The summed E-state index contributed by atoms with van der Waals surface area (Å²) in [5.41, 5.74) is 1.17. The first-order valence-electron chi connectivity index (χ1n) is 5.82. The lowest BCUT2D eigenvalue weighted by molar-refractivity contribution is 0.0403. The largest absolute Gasteiger partial charge is 0.448 e. The molecule has 4 nitrogen and oxygen atoms in total. The average Bonchev–Trinajstić information content (AvgIpc) is 2.85. The van der Waals surface area contributed by atoms with E-state index in [0.29, 0.717) is 12.2 Å². The summed E-state index contributed by atoms with van der Waals surface area (Å²) in [6.07, 6.45) is 6.44. The Bertz CT molecular complexity index is 595. The van der Waals surface area contributed by atoms with Gasteiger partial charge in [-0.3, -0.25) is 0 Å². The molecule has 1 aromatic heterocycles. The van der Waals surface area contributed by atoms with Crippen molar-refractivity contribution in [2.45, 2.75) is 19.4 Å². The van der Waals surface area contributed by atoms with Gasteiger partial charge in [0.1, 0.15) is 5.76 Å². The summed E-state index contributed by atoms with van der Waals surface area (Å²) in [6.45, 7) is 1.64. The van der Waals surface area contributed by atoms with Crippen molar-refractivity contribution >= 4 is 5.97 Å². The van der Waals surface area contributed by atoms with Crippen LogP contribution >= 0.6 is 0 Å². The van der Waals surface area contributed by atoms with Gasteiger partial charge >= 0.3 is 5.97 Å². The van der Waals surface area contributed by atoms with Crippen molar-refractivity contribution in [3.05, 3.63) is 53.7 Å². The summed E-state index contributed by atoms with van der Waals surface area (Å²) in [6, 6.07) is 9.59. The van der Waals surface area contributed by atoms with E-state index in [1.165, 1.54) is 6.39 Å². The van der Waals surface area contributed by atoms with Crippen LogP contribution < -0.4 is 0 Å². The number of rotatable bonds is 4. The molecule has 1 aromatic carbocycles. The molecule has 1 unspecified atom stereocenters. The molecule has 0 bridgehead atoms. The predicted molar refractivity (Wildman–Crippen MR) is 69.4 cm³/mol. The number of terminal acetylenes is 1. The zero-order valence-electron chi connectivity index (χ0n) is 10.5. The SMILES string of the molecule is C#CC(Cc1ccccc1)OC(=O)c1ncoc1C. The van der Waals surface area contributed by atoms with Gasteiger partial charge in [-0.15, -0.1) is 6.42 Å². The van der Waals surface area contributed by atoms with Gasteiger partial charge < -0.3 is 9.15 Å². The fraction of sp³-hybridized carbons (Fsp3) is 0.200. The minimum absolute atomic E-state index is 0.160. The second-order valence-corrected chi connectivity index (χ2v) is 4.01. The van der Waals surface area contributed by atoms with Crippen molar-refractivity contribution in [3.8, 4) is 12.3 Å². The molecule has 0 radical (unpaired) electrons. The Kier molecular flexibility index (Phi) is 3.99. The summed E-state index contributed by atoms with van der Waals surface area (Å²) in [4.78, 5) is 15.6. The van der Waals surface area contributed by atoms with Crippen LogP contribution in [0.2, 0.25) is 0 Å². The molecule has 0 aliphatic rings. The number of carbonyl (C=O) groups excluding carboxylic acids is 1. The number of oxazole rings is 1. The van der Waals surface area contributed by atoms with Crippen LogP contribution in [0.5, 0.6) is 0 Å². The van der Waals surface area contributed by atoms with E-state index in [2.05, 4.69) is 10.9 Å². The average molecular weight is 255 g/mol. The van der Waals surface area contributed by atoms with Gasteiger partial charge in [0.15, 0.2) is 18.2 Å². The summed E-state index contributed by atoms with van der Waals surface area (Å²) in [5.74, 6) is 2.31. The number of aromatic nitrogens is 1. The maximum absolute atomic E-state index is 11.8. The summed E-state index contributed by atoms with van der Waals surface area (Å²) >= 11 is 0. The predicted octanol–water partition coefficient (Wildman–Crippen LogP) is 2.38. The molecule has 1 atom stereocenters.